The monoisotopic (exact) mass is 402 g/mol. The zero-order valence-corrected chi connectivity index (χ0v) is 16.3. The Balaban J connectivity index is 1.28. The van der Waals surface area contributed by atoms with Gasteiger partial charge in [-0.05, 0) is 36.0 Å². The summed E-state index contributed by atoms with van der Waals surface area (Å²) in [6, 6.07) is 18.8. The Hall–Kier alpha value is -3.15. The standard InChI is InChI=1S/C24H22N2O4/c27-22-18-15-12-16(21-20(15)25(21)14-9-5-2-6-10-14)19(18)23(28)26(22)17(24(29)30)11-13-7-3-1-4-8-13/h1-10,15-21H,11-12H2,(H,29,30). The Morgan fingerprint density at radius 3 is 1.97 bits per heavy atom. The van der Waals surface area contributed by atoms with Gasteiger partial charge in [0.25, 0.3) is 0 Å². The van der Waals surface area contributed by atoms with Crippen LogP contribution in [0.3, 0.4) is 0 Å². The van der Waals surface area contributed by atoms with E-state index in [1.807, 2.05) is 48.5 Å². The van der Waals surface area contributed by atoms with Crippen molar-refractivity contribution in [3.63, 3.8) is 0 Å². The second-order valence-corrected chi connectivity index (χ2v) is 8.93. The molecule has 2 aromatic carbocycles. The van der Waals surface area contributed by atoms with E-state index in [0.717, 1.165) is 22.6 Å². The van der Waals surface area contributed by atoms with Crippen molar-refractivity contribution >= 4 is 23.5 Å². The van der Waals surface area contributed by atoms with Gasteiger partial charge >= 0.3 is 5.97 Å². The van der Waals surface area contributed by atoms with E-state index >= 15 is 0 Å². The number of nitrogens with zero attached hydrogens (tertiary/aromatic N) is 2. The molecule has 6 rings (SSSR count). The van der Waals surface area contributed by atoms with Crippen LogP contribution in [-0.2, 0) is 20.8 Å². The number of anilines is 1. The van der Waals surface area contributed by atoms with Crippen LogP contribution in [0.5, 0.6) is 0 Å². The molecule has 6 nitrogen and oxygen atoms in total. The number of carbonyl (C=O) groups is 3. The maximum Gasteiger partial charge on any atom is 0.327 e. The molecule has 0 radical (unpaired) electrons. The molecule has 7 unspecified atom stereocenters. The molecule has 2 saturated carbocycles. The molecule has 6 heteroatoms. The second kappa shape index (κ2) is 6.17. The zero-order chi connectivity index (χ0) is 20.6. The van der Waals surface area contributed by atoms with Gasteiger partial charge in [-0.3, -0.25) is 14.5 Å². The molecule has 2 aliphatic carbocycles. The summed E-state index contributed by atoms with van der Waals surface area (Å²) < 4.78 is 0. The average Bonchev–Trinajstić information content (AvgIpc) is 3.11. The topological polar surface area (TPSA) is 77.7 Å². The second-order valence-electron chi connectivity index (χ2n) is 8.93. The van der Waals surface area contributed by atoms with E-state index in [0.29, 0.717) is 12.1 Å². The molecule has 2 bridgehead atoms. The van der Waals surface area contributed by atoms with E-state index in [-0.39, 0.29) is 41.9 Å². The number of carboxylic acid groups (broad SMARTS) is 1. The number of aliphatic carboxylic acids is 1. The molecule has 152 valence electrons. The van der Waals surface area contributed by atoms with Gasteiger partial charge in [-0.2, -0.15) is 0 Å². The van der Waals surface area contributed by atoms with Gasteiger partial charge in [-0.25, -0.2) is 4.79 Å². The normalized spacial score (nSPS) is 34.1. The van der Waals surface area contributed by atoms with E-state index in [1.54, 1.807) is 0 Å². The average molecular weight is 402 g/mol. The number of hydrogen-bond acceptors (Lipinski definition) is 4. The number of fused-ring (bicyclic) bond motifs is 8. The fourth-order valence-corrected chi connectivity index (χ4v) is 6.51. The van der Waals surface area contributed by atoms with Crippen molar-refractivity contribution in [2.45, 2.75) is 31.0 Å². The third-order valence-corrected chi connectivity index (χ3v) is 7.60. The highest BCUT2D eigenvalue weighted by Crippen LogP contribution is 2.66. The number of amides is 2. The van der Waals surface area contributed by atoms with Crippen molar-refractivity contribution in [2.24, 2.45) is 23.7 Å². The van der Waals surface area contributed by atoms with Crippen LogP contribution in [-0.4, -0.2) is 45.9 Å². The fraction of sp³-hybridized carbons (Fsp3) is 0.375. The summed E-state index contributed by atoms with van der Waals surface area (Å²) in [5.74, 6) is -2.14. The van der Waals surface area contributed by atoms with Crippen molar-refractivity contribution in [3.05, 3.63) is 66.2 Å². The summed E-state index contributed by atoms with van der Waals surface area (Å²) in [6.45, 7) is 0. The zero-order valence-electron chi connectivity index (χ0n) is 16.3. The van der Waals surface area contributed by atoms with Gasteiger partial charge in [0.05, 0.1) is 23.9 Å². The Bertz CT molecular complexity index is 1010. The lowest BCUT2D eigenvalue weighted by atomic mass is 9.81. The quantitative estimate of drug-likeness (QED) is 0.613. The molecular formula is C24H22N2O4. The van der Waals surface area contributed by atoms with Crippen molar-refractivity contribution in [1.29, 1.82) is 0 Å². The Morgan fingerprint density at radius 2 is 1.43 bits per heavy atom. The van der Waals surface area contributed by atoms with E-state index in [2.05, 4.69) is 17.0 Å². The fourth-order valence-electron chi connectivity index (χ4n) is 6.51. The Morgan fingerprint density at radius 1 is 0.900 bits per heavy atom. The van der Waals surface area contributed by atoms with Crippen LogP contribution in [0, 0.1) is 23.7 Å². The van der Waals surface area contributed by atoms with E-state index in [1.165, 1.54) is 0 Å². The number of carboxylic acids is 1. The molecule has 7 atom stereocenters. The molecule has 0 aromatic heterocycles. The predicted molar refractivity (Wildman–Crippen MR) is 108 cm³/mol. The number of benzene rings is 2. The van der Waals surface area contributed by atoms with Gasteiger partial charge in [0, 0.05) is 12.1 Å². The first-order chi connectivity index (χ1) is 14.6. The summed E-state index contributed by atoms with van der Waals surface area (Å²) in [5.41, 5.74) is 1.95. The van der Waals surface area contributed by atoms with Crippen molar-refractivity contribution < 1.29 is 19.5 Å². The molecule has 2 saturated heterocycles. The highest BCUT2D eigenvalue weighted by molar-refractivity contribution is 6.09. The van der Waals surface area contributed by atoms with E-state index in [9.17, 15) is 19.5 Å². The van der Waals surface area contributed by atoms with Gasteiger partial charge in [-0.15, -0.1) is 0 Å². The maximum atomic E-state index is 13.4. The minimum atomic E-state index is -1.14. The highest BCUT2D eigenvalue weighted by atomic mass is 16.4. The lowest BCUT2D eigenvalue weighted by Crippen LogP contribution is -2.47. The van der Waals surface area contributed by atoms with Crippen LogP contribution in [0.2, 0.25) is 0 Å². The largest absolute Gasteiger partial charge is 0.480 e. The Kier molecular flexibility index (Phi) is 3.64. The van der Waals surface area contributed by atoms with Crippen molar-refractivity contribution in [1.82, 2.24) is 4.90 Å². The van der Waals surface area contributed by atoms with E-state index in [4.69, 9.17) is 0 Å². The third-order valence-electron chi connectivity index (χ3n) is 7.60. The lowest BCUT2D eigenvalue weighted by molar-refractivity contribution is -0.155. The maximum absolute atomic E-state index is 13.4. The number of carbonyl (C=O) groups excluding carboxylic acids is 2. The number of rotatable bonds is 5. The molecule has 2 amide bonds. The van der Waals surface area contributed by atoms with Crippen LogP contribution in [0.4, 0.5) is 5.69 Å². The molecule has 30 heavy (non-hydrogen) atoms. The summed E-state index contributed by atoms with van der Waals surface area (Å²) in [5, 5.41) is 9.84. The molecule has 2 heterocycles. The van der Waals surface area contributed by atoms with Crippen molar-refractivity contribution in [2.75, 3.05) is 4.90 Å². The van der Waals surface area contributed by atoms with E-state index < -0.39 is 12.0 Å². The molecule has 2 aliphatic heterocycles. The van der Waals surface area contributed by atoms with Crippen LogP contribution >= 0.6 is 0 Å². The molecular weight excluding hydrogens is 380 g/mol. The molecule has 0 spiro atoms. The summed E-state index contributed by atoms with van der Waals surface area (Å²) in [6.07, 6.45) is 1.04. The highest BCUT2D eigenvalue weighted by Gasteiger charge is 2.76. The molecule has 4 fully saturated rings. The number of likely N-dealkylation sites (tertiary alicyclic amines) is 1. The van der Waals surface area contributed by atoms with Gasteiger partial charge < -0.3 is 10.0 Å². The van der Waals surface area contributed by atoms with Crippen LogP contribution < -0.4 is 4.90 Å². The van der Waals surface area contributed by atoms with Gasteiger partial charge in [0.2, 0.25) is 11.8 Å². The summed E-state index contributed by atoms with van der Waals surface area (Å²) in [7, 11) is 0. The van der Waals surface area contributed by atoms with Gasteiger partial charge in [-0.1, -0.05) is 48.5 Å². The third kappa shape index (κ3) is 2.27. The first-order valence-electron chi connectivity index (χ1n) is 10.5. The molecule has 4 aliphatic rings. The number of piperidine rings is 1. The predicted octanol–water partition coefficient (Wildman–Crippen LogP) is 2.19. The number of imide groups is 1. The first kappa shape index (κ1) is 17.7. The minimum absolute atomic E-state index is 0.137. The first-order valence-corrected chi connectivity index (χ1v) is 10.5. The lowest BCUT2D eigenvalue weighted by Gasteiger charge is -2.25. The number of hydrogen-bond donors (Lipinski definition) is 1. The van der Waals surface area contributed by atoms with Crippen LogP contribution in [0.1, 0.15) is 12.0 Å². The molecule has 2 aromatic rings. The summed E-state index contributed by atoms with van der Waals surface area (Å²) in [4.78, 5) is 42.2. The minimum Gasteiger partial charge on any atom is -0.480 e. The smallest absolute Gasteiger partial charge is 0.327 e. The SMILES string of the molecule is O=C(O)C(Cc1ccccc1)N1C(=O)C2C3CC(C2C1=O)C1C3N1c1ccccc1. The van der Waals surface area contributed by atoms with Crippen LogP contribution in [0.25, 0.3) is 0 Å². The number of para-hydroxylation sites is 1. The van der Waals surface area contributed by atoms with Crippen molar-refractivity contribution in [3.8, 4) is 0 Å². The summed E-state index contributed by atoms with van der Waals surface area (Å²) >= 11 is 0. The van der Waals surface area contributed by atoms with Gasteiger partial charge in [0.15, 0.2) is 0 Å². The van der Waals surface area contributed by atoms with Gasteiger partial charge in [0.1, 0.15) is 6.04 Å². The Labute approximate surface area is 174 Å². The molecule has 1 N–H and O–H groups in total. The van der Waals surface area contributed by atoms with Crippen LogP contribution in [0.15, 0.2) is 60.7 Å².